The number of hydrogen-bond acceptors (Lipinski definition) is 6. The van der Waals surface area contributed by atoms with Gasteiger partial charge in [0.2, 0.25) is 5.91 Å². The second kappa shape index (κ2) is 12.6. The Morgan fingerprint density at radius 3 is 2.62 bits per heavy atom. The number of piperidine rings is 2. The molecule has 2 saturated heterocycles. The highest BCUT2D eigenvalue weighted by Gasteiger charge is 2.25. The van der Waals surface area contributed by atoms with Crippen LogP contribution in [-0.4, -0.2) is 81.4 Å². The van der Waals surface area contributed by atoms with Gasteiger partial charge in [-0.3, -0.25) is 9.79 Å². The molecule has 2 aliphatic rings. The van der Waals surface area contributed by atoms with Crippen LogP contribution in [0.1, 0.15) is 37.7 Å². The average molecular weight is 447 g/mol. The van der Waals surface area contributed by atoms with E-state index in [9.17, 15) is 4.79 Å². The van der Waals surface area contributed by atoms with Crippen molar-refractivity contribution in [3.8, 4) is 0 Å². The number of methoxy groups -OCH3 is 1. The largest absolute Gasteiger partial charge is 0.385 e. The second-order valence-electron chi connectivity index (χ2n) is 8.45. The van der Waals surface area contributed by atoms with Crippen LogP contribution in [0.15, 0.2) is 23.3 Å². The van der Waals surface area contributed by atoms with Gasteiger partial charge >= 0.3 is 0 Å². The van der Waals surface area contributed by atoms with E-state index in [2.05, 4.69) is 31.2 Å². The summed E-state index contributed by atoms with van der Waals surface area (Å²) in [7, 11) is 3.55. The van der Waals surface area contributed by atoms with Crippen molar-refractivity contribution in [1.29, 1.82) is 0 Å². The van der Waals surface area contributed by atoms with Crippen molar-refractivity contribution in [1.82, 2.24) is 15.2 Å². The maximum Gasteiger partial charge on any atom is 0.220 e. The molecule has 3 N–H and O–H groups in total. The first kappa shape index (κ1) is 24.3. The number of aromatic nitrogens is 1. The van der Waals surface area contributed by atoms with E-state index in [4.69, 9.17) is 15.2 Å². The fraction of sp³-hybridized carbons (Fsp3) is 0.696. The van der Waals surface area contributed by atoms with E-state index in [1.54, 1.807) is 7.11 Å². The van der Waals surface area contributed by atoms with Crippen LogP contribution >= 0.6 is 0 Å². The molecule has 0 saturated carbocycles. The van der Waals surface area contributed by atoms with E-state index in [0.717, 1.165) is 88.8 Å². The third-order valence-electron chi connectivity index (χ3n) is 6.30. The number of anilines is 1. The van der Waals surface area contributed by atoms with Crippen LogP contribution in [0, 0.1) is 5.92 Å². The fourth-order valence-corrected chi connectivity index (χ4v) is 4.42. The maximum atomic E-state index is 11.5. The summed E-state index contributed by atoms with van der Waals surface area (Å²) in [5.41, 5.74) is 6.61. The van der Waals surface area contributed by atoms with Gasteiger partial charge in [-0.2, -0.15) is 0 Å². The third kappa shape index (κ3) is 6.80. The predicted octanol–water partition coefficient (Wildman–Crippen LogP) is 1.38. The molecule has 0 atom stereocenters. The molecular weight excluding hydrogens is 408 g/mol. The van der Waals surface area contributed by atoms with Gasteiger partial charge in [0.25, 0.3) is 0 Å². The number of rotatable bonds is 9. The van der Waals surface area contributed by atoms with E-state index in [1.807, 2.05) is 19.3 Å². The number of carbonyl (C=O) groups is 1. The highest BCUT2D eigenvalue weighted by atomic mass is 16.5. The minimum Gasteiger partial charge on any atom is -0.385 e. The maximum absolute atomic E-state index is 11.5. The molecular formula is C23H38N6O3. The van der Waals surface area contributed by atoms with Gasteiger partial charge in [0.15, 0.2) is 5.96 Å². The zero-order chi connectivity index (χ0) is 22.8. The number of guanidine groups is 1. The van der Waals surface area contributed by atoms with E-state index >= 15 is 0 Å². The molecule has 178 valence electrons. The number of nitrogens with two attached hydrogens (primary N) is 1. The monoisotopic (exact) mass is 446 g/mol. The first-order chi connectivity index (χ1) is 15.6. The summed E-state index contributed by atoms with van der Waals surface area (Å²) < 4.78 is 11.1. The molecule has 0 aromatic carbocycles. The lowest BCUT2D eigenvalue weighted by atomic mass is 9.96. The van der Waals surface area contributed by atoms with Crippen molar-refractivity contribution in [2.75, 3.05) is 58.5 Å². The third-order valence-corrected chi connectivity index (χ3v) is 6.30. The van der Waals surface area contributed by atoms with Crippen LogP contribution in [0.4, 0.5) is 5.82 Å². The fourth-order valence-electron chi connectivity index (χ4n) is 4.42. The number of hydrogen-bond donors (Lipinski definition) is 2. The molecule has 3 heterocycles. The number of nitrogens with one attached hydrogen (secondary N) is 1. The number of aliphatic imine (C=N–C) groups is 1. The highest BCUT2D eigenvalue weighted by molar-refractivity contribution is 5.80. The van der Waals surface area contributed by atoms with Crippen LogP contribution < -0.4 is 16.0 Å². The molecule has 0 spiro atoms. The summed E-state index contributed by atoms with van der Waals surface area (Å²) >= 11 is 0. The Bertz CT molecular complexity index is 743. The molecule has 2 aliphatic heterocycles. The van der Waals surface area contributed by atoms with Crippen molar-refractivity contribution < 1.29 is 14.3 Å². The minimum atomic E-state index is -0.194. The smallest absolute Gasteiger partial charge is 0.220 e. The van der Waals surface area contributed by atoms with Crippen LogP contribution in [0.25, 0.3) is 0 Å². The summed E-state index contributed by atoms with van der Waals surface area (Å²) in [6.45, 7) is 5.60. The Morgan fingerprint density at radius 2 is 1.97 bits per heavy atom. The molecule has 0 bridgehead atoms. The molecule has 9 heteroatoms. The molecule has 1 aromatic rings. The van der Waals surface area contributed by atoms with E-state index in [1.165, 1.54) is 0 Å². The highest BCUT2D eigenvalue weighted by Crippen LogP contribution is 2.24. The van der Waals surface area contributed by atoms with Crippen molar-refractivity contribution >= 4 is 17.7 Å². The van der Waals surface area contributed by atoms with Crippen LogP contribution in [-0.2, 0) is 20.8 Å². The molecule has 0 radical (unpaired) electrons. The Kier molecular flexibility index (Phi) is 9.55. The first-order valence-electron chi connectivity index (χ1n) is 11.7. The van der Waals surface area contributed by atoms with Crippen molar-refractivity contribution in [3.63, 3.8) is 0 Å². The number of primary amides is 1. The summed E-state index contributed by atoms with van der Waals surface area (Å²) in [4.78, 5) is 25.2. The Hall–Kier alpha value is -2.39. The van der Waals surface area contributed by atoms with Crippen LogP contribution in [0.5, 0.6) is 0 Å². The number of ether oxygens (including phenoxy) is 2. The standard InChI is InChI=1S/C23H38N6O3/c1-25-23(29-13-8-20(9-14-29)32-16-4-15-31-2)27-17-19-5-3-10-26-22(19)28-11-6-18(7-12-28)21(24)30/h3,5,10,18,20H,4,6-9,11-17H2,1-2H3,(H2,24,30)(H,25,27). The molecule has 1 amide bonds. The van der Waals surface area contributed by atoms with E-state index < -0.39 is 0 Å². The summed E-state index contributed by atoms with van der Waals surface area (Å²) in [6.07, 6.45) is 6.64. The summed E-state index contributed by atoms with van der Waals surface area (Å²) in [5.74, 6) is 1.66. The van der Waals surface area contributed by atoms with Gasteiger partial charge in [0, 0.05) is 77.8 Å². The predicted molar refractivity (Wildman–Crippen MR) is 126 cm³/mol. The number of amides is 1. The molecule has 0 unspecified atom stereocenters. The van der Waals surface area contributed by atoms with E-state index in [-0.39, 0.29) is 11.8 Å². The zero-order valence-electron chi connectivity index (χ0n) is 19.5. The zero-order valence-corrected chi connectivity index (χ0v) is 19.5. The molecule has 32 heavy (non-hydrogen) atoms. The molecule has 0 aliphatic carbocycles. The second-order valence-corrected chi connectivity index (χ2v) is 8.45. The number of nitrogens with zero attached hydrogens (tertiary/aromatic N) is 4. The number of likely N-dealkylation sites (tertiary alicyclic amines) is 1. The SMILES string of the molecule is CN=C(NCc1cccnc1N1CCC(C(N)=O)CC1)N1CCC(OCCCOC)CC1. The Labute approximate surface area is 191 Å². The van der Waals surface area contributed by atoms with Gasteiger partial charge < -0.3 is 30.3 Å². The summed E-state index contributed by atoms with van der Waals surface area (Å²) in [5, 5.41) is 3.51. The van der Waals surface area contributed by atoms with Crippen molar-refractivity contribution in [2.24, 2.45) is 16.6 Å². The van der Waals surface area contributed by atoms with Gasteiger partial charge in [-0.05, 0) is 38.2 Å². The van der Waals surface area contributed by atoms with Crippen LogP contribution in [0.2, 0.25) is 0 Å². The Balaban J connectivity index is 1.49. The quantitative estimate of drug-likeness (QED) is 0.335. The van der Waals surface area contributed by atoms with Crippen molar-refractivity contribution in [2.45, 2.75) is 44.8 Å². The lowest BCUT2D eigenvalue weighted by Gasteiger charge is -2.35. The number of carbonyl (C=O) groups excluding carboxylic acids is 1. The van der Waals surface area contributed by atoms with E-state index in [0.29, 0.717) is 12.6 Å². The first-order valence-corrected chi connectivity index (χ1v) is 11.7. The van der Waals surface area contributed by atoms with Gasteiger partial charge in [-0.1, -0.05) is 6.07 Å². The van der Waals surface area contributed by atoms with Gasteiger partial charge in [-0.15, -0.1) is 0 Å². The average Bonchev–Trinajstić information content (AvgIpc) is 2.83. The normalized spacial score (nSPS) is 18.8. The van der Waals surface area contributed by atoms with Gasteiger partial charge in [0.05, 0.1) is 6.10 Å². The topological polar surface area (TPSA) is 105 Å². The number of pyridine rings is 1. The molecule has 1 aromatic heterocycles. The Morgan fingerprint density at radius 1 is 1.22 bits per heavy atom. The van der Waals surface area contributed by atoms with Gasteiger partial charge in [0.1, 0.15) is 5.82 Å². The molecule has 9 nitrogen and oxygen atoms in total. The lowest BCUT2D eigenvalue weighted by molar-refractivity contribution is -0.122. The van der Waals surface area contributed by atoms with Crippen LogP contribution in [0.3, 0.4) is 0 Å². The van der Waals surface area contributed by atoms with Crippen molar-refractivity contribution in [3.05, 3.63) is 23.9 Å². The molecule has 3 rings (SSSR count). The summed E-state index contributed by atoms with van der Waals surface area (Å²) in [6, 6.07) is 4.06. The minimum absolute atomic E-state index is 0.0257. The lowest BCUT2D eigenvalue weighted by Crippen LogP contribution is -2.47. The van der Waals surface area contributed by atoms with Gasteiger partial charge in [-0.25, -0.2) is 4.98 Å². The molecule has 2 fully saturated rings.